The highest BCUT2D eigenvalue weighted by atomic mass is 35.5. The van der Waals surface area contributed by atoms with Crippen LogP contribution in [0.4, 0.5) is 0 Å². The van der Waals surface area contributed by atoms with E-state index < -0.39 is 0 Å². The summed E-state index contributed by atoms with van der Waals surface area (Å²) in [5, 5.41) is 4.59. The van der Waals surface area contributed by atoms with E-state index in [9.17, 15) is 4.79 Å². The average molecular weight is 532 g/mol. The number of aromatic amines is 1. The van der Waals surface area contributed by atoms with Crippen molar-refractivity contribution in [1.82, 2.24) is 25.1 Å². The van der Waals surface area contributed by atoms with Gasteiger partial charge < -0.3 is 15.0 Å². The summed E-state index contributed by atoms with van der Waals surface area (Å²) in [6, 6.07) is 18.0. The Balaban J connectivity index is 1.06. The van der Waals surface area contributed by atoms with Gasteiger partial charge in [-0.25, -0.2) is 0 Å². The molecule has 2 aromatic carbocycles. The lowest BCUT2D eigenvalue weighted by Gasteiger charge is -2.34. The number of aromatic nitrogens is 2. The molecule has 198 valence electrons. The van der Waals surface area contributed by atoms with E-state index in [2.05, 4.69) is 43.3 Å². The van der Waals surface area contributed by atoms with E-state index in [1.54, 1.807) is 0 Å². The van der Waals surface area contributed by atoms with E-state index in [1.165, 1.54) is 11.1 Å². The van der Waals surface area contributed by atoms with E-state index in [1.807, 2.05) is 62.6 Å². The average Bonchev–Trinajstić information content (AvgIpc) is 3.26. The quantitative estimate of drug-likeness (QED) is 0.316. The van der Waals surface area contributed by atoms with Crippen LogP contribution in [0.3, 0.4) is 0 Å². The molecule has 1 saturated heterocycles. The van der Waals surface area contributed by atoms with E-state index in [0.717, 1.165) is 61.5 Å². The zero-order chi connectivity index (χ0) is 26.5. The third kappa shape index (κ3) is 6.54. The Morgan fingerprint density at radius 3 is 2.45 bits per heavy atom. The lowest BCUT2D eigenvalue weighted by Crippen LogP contribution is -2.45. The van der Waals surface area contributed by atoms with Crippen molar-refractivity contribution in [1.29, 1.82) is 0 Å². The number of carbonyl (C=O) groups excluding carboxylic acids is 1. The monoisotopic (exact) mass is 531 g/mol. The summed E-state index contributed by atoms with van der Waals surface area (Å²) in [5.41, 5.74) is 4.88. The standard InChI is InChI=1S/C30H34ClN5O2/c1-21(17-33-30(37)29-22(2)27-16-25(31)7-10-28(27)34-29)38-26-8-5-23(6-9-26)19-35-12-14-36(15-13-35)20-24-4-3-11-32-18-24/h3-11,16,18,21,34H,12-15,17,19-20H2,1-2H3,(H,33,37)/t21-/m1/s1. The molecule has 0 radical (unpaired) electrons. The molecular weight excluding hydrogens is 498 g/mol. The van der Waals surface area contributed by atoms with Crippen molar-refractivity contribution in [2.24, 2.45) is 0 Å². The molecule has 7 nitrogen and oxygen atoms in total. The van der Waals surface area contributed by atoms with E-state index in [-0.39, 0.29) is 12.0 Å². The number of hydrogen-bond acceptors (Lipinski definition) is 5. The van der Waals surface area contributed by atoms with Crippen LogP contribution in [0.15, 0.2) is 67.0 Å². The van der Waals surface area contributed by atoms with Gasteiger partial charge in [-0.2, -0.15) is 0 Å². The molecule has 2 N–H and O–H groups in total. The van der Waals surface area contributed by atoms with Crippen molar-refractivity contribution in [3.63, 3.8) is 0 Å². The second-order valence-corrected chi connectivity index (χ2v) is 10.4. The molecule has 4 aromatic rings. The molecule has 38 heavy (non-hydrogen) atoms. The Hall–Kier alpha value is -3.39. The molecule has 5 rings (SSSR count). The summed E-state index contributed by atoms with van der Waals surface area (Å²) in [6.07, 6.45) is 3.60. The maximum absolute atomic E-state index is 12.8. The van der Waals surface area contributed by atoms with Gasteiger partial charge in [-0.05, 0) is 66.9 Å². The van der Waals surface area contributed by atoms with Crippen molar-refractivity contribution >= 4 is 28.4 Å². The third-order valence-corrected chi connectivity index (χ3v) is 7.29. The largest absolute Gasteiger partial charge is 0.489 e. The van der Waals surface area contributed by atoms with Crippen LogP contribution in [0.25, 0.3) is 10.9 Å². The Bertz CT molecular complexity index is 1360. The van der Waals surface area contributed by atoms with Crippen LogP contribution >= 0.6 is 11.6 Å². The number of halogens is 1. The summed E-state index contributed by atoms with van der Waals surface area (Å²) in [7, 11) is 0. The minimum absolute atomic E-state index is 0.152. The first-order chi connectivity index (χ1) is 18.4. The molecule has 3 heterocycles. The number of amides is 1. The molecular formula is C30H34ClN5O2. The Kier molecular flexibility index (Phi) is 8.27. The predicted octanol–water partition coefficient (Wildman–Crippen LogP) is 5.04. The van der Waals surface area contributed by atoms with Crippen LogP contribution < -0.4 is 10.1 Å². The van der Waals surface area contributed by atoms with Crippen LogP contribution in [0, 0.1) is 6.92 Å². The lowest BCUT2D eigenvalue weighted by atomic mass is 10.1. The van der Waals surface area contributed by atoms with Crippen LogP contribution in [-0.4, -0.2) is 64.5 Å². The van der Waals surface area contributed by atoms with Crippen molar-refractivity contribution in [3.05, 3.63) is 94.4 Å². The number of H-pyrrole nitrogens is 1. The number of nitrogens with one attached hydrogen (secondary N) is 2. The number of hydrogen-bond donors (Lipinski definition) is 2. The Labute approximate surface area is 228 Å². The lowest BCUT2D eigenvalue weighted by molar-refractivity contribution is 0.0927. The molecule has 1 fully saturated rings. The summed E-state index contributed by atoms with van der Waals surface area (Å²) >= 11 is 6.11. The maximum atomic E-state index is 12.8. The van der Waals surface area contributed by atoms with Gasteiger partial charge in [0.15, 0.2) is 0 Å². The third-order valence-electron chi connectivity index (χ3n) is 7.06. The molecule has 0 aliphatic carbocycles. The minimum atomic E-state index is -0.170. The van der Waals surface area contributed by atoms with Gasteiger partial charge in [-0.1, -0.05) is 29.8 Å². The van der Waals surface area contributed by atoms with Gasteiger partial charge in [0, 0.05) is 67.6 Å². The molecule has 8 heteroatoms. The zero-order valence-corrected chi connectivity index (χ0v) is 22.7. The number of piperazine rings is 1. The molecule has 1 atom stereocenters. The zero-order valence-electron chi connectivity index (χ0n) is 21.9. The Morgan fingerprint density at radius 2 is 1.76 bits per heavy atom. The number of aryl methyl sites for hydroxylation is 1. The summed E-state index contributed by atoms with van der Waals surface area (Å²) < 4.78 is 6.05. The van der Waals surface area contributed by atoms with Crippen molar-refractivity contribution < 1.29 is 9.53 Å². The van der Waals surface area contributed by atoms with Gasteiger partial charge in [0.25, 0.3) is 5.91 Å². The first-order valence-corrected chi connectivity index (χ1v) is 13.5. The minimum Gasteiger partial charge on any atom is -0.489 e. The van der Waals surface area contributed by atoms with Gasteiger partial charge in [0.1, 0.15) is 17.5 Å². The number of nitrogens with zero attached hydrogens (tertiary/aromatic N) is 3. The number of fused-ring (bicyclic) bond motifs is 1. The summed E-state index contributed by atoms with van der Waals surface area (Å²) in [4.78, 5) is 25.2. The van der Waals surface area contributed by atoms with Gasteiger partial charge >= 0.3 is 0 Å². The fourth-order valence-electron chi connectivity index (χ4n) is 4.91. The molecule has 1 aliphatic rings. The fourth-order valence-corrected chi connectivity index (χ4v) is 5.08. The molecule has 0 bridgehead atoms. The molecule has 2 aromatic heterocycles. The van der Waals surface area contributed by atoms with Crippen molar-refractivity contribution in [2.45, 2.75) is 33.0 Å². The topological polar surface area (TPSA) is 73.5 Å². The molecule has 0 unspecified atom stereocenters. The van der Waals surface area contributed by atoms with E-state index in [4.69, 9.17) is 16.3 Å². The van der Waals surface area contributed by atoms with Crippen LogP contribution in [0.1, 0.15) is 34.1 Å². The number of rotatable bonds is 9. The second-order valence-electron chi connectivity index (χ2n) is 10.0. The smallest absolute Gasteiger partial charge is 0.268 e. The normalized spacial score (nSPS) is 15.4. The van der Waals surface area contributed by atoms with Gasteiger partial charge in [0.05, 0.1) is 6.54 Å². The Morgan fingerprint density at radius 1 is 1.05 bits per heavy atom. The van der Waals surface area contributed by atoms with E-state index >= 15 is 0 Å². The van der Waals surface area contributed by atoms with Crippen LogP contribution in [-0.2, 0) is 13.1 Å². The van der Waals surface area contributed by atoms with Crippen LogP contribution in [0.5, 0.6) is 5.75 Å². The predicted molar refractivity (Wildman–Crippen MR) is 152 cm³/mol. The van der Waals surface area contributed by atoms with E-state index in [0.29, 0.717) is 17.3 Å². The molecule has 0 spiro atoms. The first kappa shape index (κ1) is 26.2. The summed E-state index contributed by atoms with van der Waals surface area (Å²) in [6.45, 7) is 10.4. The van der Waals surface area contributed by atoms with Crippen molar-refractivity contribution in [3.8, 4) is 5.75 Å². The highest BCUT2D eigenvalue weighted by Crippen LogP contribution is 2.25. The van der Waals surface area contributed by atoms with Gasteiger partial charge in [-0.15, -0.1) is 0 Å². The highest BCUT2D eigenvalue weighted by molar-refractivity contribution is 6.31. The maximum Gasteiger partial charge on any atom is 0.268 e. The summed E-state index contributed by atoms with van der Waals surface area (Å²) in [5.74, 6) is 0.648. The first-order valence-electron chi connectivity index (χ1n) is 13.1. The highest BCUT2D eigenvalue weighted by Gasteiger charge is 2.18. The fraction of sp³-hybridized carbons (Fsp3) is 0.333. The molecule has 1 aliphatic heterocycles. The van der Waals surface area contributed by atoms with Gasteiger partial charge in [0.2, 0.25) is 0 Å². The molecule has 0 saturated carbocycles. The number of pyridine rings is 1. The number of carbonyl (C=O) groups is 1. The SMILES string of the molecule is Cc1c(C(=O)NC[C@@H](C)Oc2ccc(CN3CCN(Cc4cccnc4)CC3)cc2)[nH]c2ccc(Cl)cc12. The van der Waals surface area contributed by atoms with Crippen LogP contribution in [0.2, 0.25) is 5.02 Å². The number of benzene rings is 2. The molecule has 1 amide bonds. The second kappa shape index (κ2) is 12.0. The van der Waals surface area contributed by atoms with Gasteiger partial charge in [-0.3, -0.25) is 19.6 Å². The van der Waals surface area contributed by atoms with Crippen molar-refractivity contribution in [2.75, 3.05) is 32.7 Å². The number of ether oxygens (including phenoxy) is 1.